The molecular formula is C10H15N3O5. The highest BCUT2D eigenvalue weighted by molar-refractivity contribution is 5.86. The van der Waals surface area contributed by atoms with Crippen molar-refractivity contribution in [2.75, 3.05) is 25.6 Å². The minimum absolute atomic E-state index is 0.0122. The third-order valence-electron chi connectivity index (χ3n) is 2.06. The minimum Gasteiger partial charge on any atom is -0.476 e. The van der Waals surface area contributed by atoms with Crippen molar-refractivity contribution in [1.29, 1.82) is 0 Å². The molecule has 1 unspecified atom stereocenters. The van der Waals surface area contributed by atoms with E-state index in [1.807, 2.05) is 0 Å². The molecular weight excluding hydrogens is 242 g/mol. The Balaban J connectivity index is 2.45. The number of carbonyl (C=O) groups is 2. The molecule has 1 rings (SSSR count). The van der Waals surface area contributed by atoms with Crippen molar-refractivity contribution in [1.82, 2.24) is 10.3 Å². The Morgan fingerprint density at radius 3 is 2.89 bits per heavy atom. The zero-order chi connectivity index (χ0) is 13.5. The second-order valence-electron chi connectivity index (χ2n) is 3.49. The number of nitrogens with zero attached hydrogens (tertiary/aromatic N) is 1. The molecule has 0 aliphatic rings. The predicted molar refractivity (Wildman–Crippen MR) is 61.4 cm³/mol. The maximum Gasteiger partial charge on any atom is 0.357 e. The van der Waals surface area contributed by atoms with E-state index in [2.05, 4.69) is 15.6 Å². The summed E-state index contributed by atoms with van der Waals surface area (Å²) in [6.07, 6.45) is 1.00. The van der Waals surface area contributed by atoms with Gasteiger partial charge in [-0.15, -0.1) is 0 Å². The van der Waals surface area contributed by atoms with E-state index < -0.39 is 12.0 Å². The van der Waals surface area contributed by atoms with Crippen molar-refractivity contribution in [3.05, 3.63) is 12.0 Å². The van der Waals surface area contributed by atoms with E-state index in [-0.39, 0.29) is 17.6 Å². The lowest BCUT2D eigenvalue weighted by molar-refractivity contribution is -0.121. The normalized spacial score (nSPS) is 11.9. The summed E-state index contributed by atoms with van der Waals surface area (Å²) in [5.41, 5.74) is -0.218. The van der Waals surface area contributed by atoms with Gasteiger partial charge in [-0.25, -0.2) is 4.79 Å². The van der Waals surface area contributed by atoms with Gasteiger partial charge in [-0.1, -0.05) is 0 Å². The smallest absolute Gasteiger partial charge is 0.357 e. The van der Waals surface area contributed by atoms with Crippen LogP contribution in [0.2, 0.25) is 0 Å². The highest BCUT2D eigenvalue weighted by Crippen LogP contribution is 2.08. The molecule has 1 atom stereocenters. The van der Waals surface area contributed by atoms with Gasteiger partial charge in [0.15, 0.2) is 5.69 Å². The van der Waals surface area contributed by atoms with Crippen LogP contribution in [0.15, 0.2) is 10.7 Å². The summed E-state index contributed by atoms with van der Waals surface area (Å²) in [6, 6.07) is -0.607. The molecule has 0 spiro atoms. The van der Waals surface area contributed by atoms with E-state index in [0.717, 1.165) is 6.26 Å². The van der Waals surface area contributed by atoms with E-state index in [9.17, 15) is 9.59 Å². The van der Waals surface area contributed by atoms with Crippen LogP contribution in [0.1, 0.15) is 17.4 Å². The number of hydrogen-bond donors (Lipinski definition) is 3. The molecule has 8 heteroatoms. The Bertz CT molecular complexity index is 417. The van der Waals surface area contributed by atoms with Gasteiger partial charge in [0, 0.05) is 13.7 Å². The number of amides is 1. The maximum atomic E-state index is 11.5. The number of anilines is 1. The Morgan fingerprint density at radius 2 is 2.33 bits per heavy atom. The summed E-state index contributed by atoms with van der Waals surface area (Å²) in [4.78, 5) is 25.8. The fourth-order valence-corrected chi connectivity index (χ4v) is 1.12. The third-order valence-corrected chi connectivity index (χ3v) is 2.06. The van der Waals surface area contributed by atoms with Gasteiger partial charge >= 0.3 is 5.97 Å². The fraction of sp³-hybridized carbons (Fsp3) is 0.500. The monoisotopic (exact) mass is 257 g/mol. The molecule has 0 fully saturated rings. The topological polar surface area (TPSA) is 114 Å². The van der Waals surface area contributed by atoms with E-state index in [1.54, 1.807) is 6.92 Å². The molecule has 1 heterocycles. The summed E-state index contributed by atoms with van der Waals surface area (Å²) < 4.78 is 9.65. The van der Waals surface area contributed by atoms with E-state index in [4.69, 9.17) is 14.3 Å². The van der Waals surface area contributed by atoms with Gasteiger partial charge in [0.25, 0.3) is 6.01 Å². The summed E-state index contributed by atoms with van der Waals surface area (Å²) >= 11 is 0. The molecule has 1 amide bonds. The summed E-state index contributed by atoms with van der Waals surface area (Å²) in [7, 11) is 1.54. The Kier molecular flexibility index (Phi) is 5.12. The molecule has 0 saturated heterocycles. The molecule has 1 aromatic heterocycles. The first-order valence-corrected chi connectivity index (χ1v) is 5.26. The van der Waals surface area contributed by atoms with Crippen LogP contribution >= 0.6 is 0 Å². The van der Waals surface area contributed by atoms with Crippen molar-refractivity contribution in [3.8, 4) is 0 Å². The van der Waals surface area contributed by atoms with Crippen LogP contribution in [-0.2, 0) is 9.53 Å². The van der Waals surface area contributed by atoms with E-state index in [1.165, 1.54) is 7.11 Å². The van der Waals surface area contributed by atoms with Crippen LogP contribution in [0.3, 0.4) is 0 Å². The lowest BCUT2D eigenvalue weighted by Crippen LogP contribution is -2.39. The Labute approximate surface area is 103 Å². The number of carboxylic acids is 1. The number of methoxy groups -OCH3 is 1. The third kappa shape index (κ3) is 4.06. The molecule has 0 saturated carbocycles. The van der Waals surface area contributed by atoms with Crippen molar-refractivity contribution < 1.29 is 23.8 Å². The van der Waals surface area contributed by atoms with E-state index >= 15 is 0 Å². The Morgan fingerprint density at radius 1 is 1.61 bits per heavy atom. The molecule has 0 aliphatic carbocycles. The molecule has 100 valence electrons. The van der Waals surface area contributed by atoms with Crippen LogP contribution in [-0.4, -0.2) is 48.3 Å². The molecule has 18 heavy (non-hydrogen) atoms. The Hall–Kier alpha value is -2.09. The van der Waals surface area contributed by atoms with Crippen LogP contribution in [0.5, 0.6) is 0 Å². The average molecular weight is 257 g/mol. The first-order valence-electron chi connectivity index (χ1n) is 5.26. The fourth-order valence-electron chi connectivity index (χ4n) is 1.12. The first kappa shape index (κ1) is 14.0. The number of aromatic nitrogens is 1. The highest BCUT2D eigenvalue weighted by Gasteiger charge is 2.16. The molecule has 0 aliphatic heterocycles. The molecule has 0 bridgehead atoms. The zero-order valence-corrected chi connectivity index (χ0v) is 10.1. The number of rotatable bonds is 7. The SMILES string of the molecule is COCCNC(=O)C(C)Nc1nc(C(=O)O)co1. The van der Waals surface area contributed by atoms with Gasteiger partial charge in [-0.2, -0.15) is 4.98 Å². The quantitative estimate of drug-likeness (QED) is 0.586. The largest absolute Gasteiger partial charge is 0.476 e. The van der Waals surface area contributed by atoms with Gasteiger partial charge in [0.05, 0.1) is 6.61 Å². The second kappa shape index (κ2) is 6.60. The predicted octanol–water partition coefficient (Wildman–Crippen LogP) is -0.0642. The number of aromatic carboxylic acids is 1. The van der Waals surface area contributed by atoms with Crippen molar-refractivity contribution in [3.63, 3.8) is 0 Å². The molecule has 8 nitrogen and oxygen atoms in total. The van der Waals surface area contributed by atoms with E-state index in [0.29, 0.717) is 13.2 Å². The molecule has 3 N–H and O–H groups in total. The maximum absolute atomic E-state index is 11.5. The lowest BCUT2D eigenvalue weighted by Gasteiger charge is -2.11. The zero-order valence-electron chi connectivity index (χ0n) is 10.1. The number of hydrogen-bond acceptors (Lipinski definition) is 6. The van der Waals surface area contributed by atoms with Crippen LogP contribution in [0.4, 0.5) is 6.01 Å². The highest BCUT2D eigenvalue weighted by atomic mass is 16.5. The lowest BCUT2D eigenvalue weighted by atomic mass is 10.3. The first-order chi connectivity index (χ1) is 8.54. The molecule has 1 aromatic rings. The summed E-state index contributed by atoms with van der Waals surface area (Å²) in [5.74, 6) is -1.45. The standard InChI is InChI=1S/C10H15N3O5/c1-6(8(14)11-3-4-17-2)12-10-13-7(5-18-10)9(15)16/h5-6H,3-4H2,1-2H3,(H,11,14)(H,12,13)(H,15,16). The summed E-state index contributed by atoms with van der Waals surface area (Å²) in [5, 5.41) is 13.9. The van der Waals surface area contributed by atoms with Gasteiger partial charge in [-0.05, 0) is 6.92 Å². The van der Waals surface area contributed by atoms with Crippen molar-refractivity contribution >= 4 is 17.9 Å². The van der Waals surface area contributed by atoms with Crippen LogP contribution in [0.25, 0.3) is 0 Å². The molecule has 0 aromatic carbocycles. The van der Waals surface area contributed by atoms with Crippen LogP contribution < -0.4 is 10.6 Å². The van der Waals surface area contributed by atoms with Gasteiger partial charge in [0.2, 0.25) is 5.91 Å². The number of oxazole rings is 1. The van der Waals surface area contributed by atoms with Gasteiger partial charge < -0.3 is 24.9 Å². The van der Waals surface area contributed by atoms with Gasteiger partial charge in [-0.3, -0.25) is 4.79 Å². The molecule has 0 radical (unpaired) electrons. The summed E-state index contributed by atoms with van der Waals surface area (Å²) in [6.45, 7) is 2.42. The van der Waals surface area contributed by atoms with Crippen molar-refractivity contribution in [2.45, 2.75) is 13.0 Å². The van der Waals surface area contributed by atoms with Crippen LogP contribution in [0, 0.1) is 0 Å². The number of nitrogens with one attached hydrogen (secondary N) is 2. The van der Waals surface area contributed by atoms with Crippen molar-refractivity contribution in [2.24, 2.45) is 0 Å². The van der Waals surface area contributed by atoms with Gasteiger partial charge in [0.1, 0.15) is 12.3 Å². The number of carbonyl (C=O) groups excluding carboxylic acids is 1. The number of ether oxygens (including phenoxy) is 1. The average Bonchev–Trinajstić information content (AvgIpc) is 2.77. The second-order valence-corrected chi connectivity index (χ2v) is 3.49. The minimum atomic E-state index is -1.19. The number of carboxylic acid groups (broad SMARTS) is 1.